The molecule has 1 aliphatic heterocycles. The molecular formula is C23H21BrN4O. The van der Waals surface area contributed by atoms with E-state index in [1.54, 1.807) is 0 Å². The van der Waals surface area contributed by atoms with Crippen LogP contribution in [-0.4, -0.2) is 26.4 Å². The molecule has 2 N–H and O–H groups in total. The third-order valence-corrected chi connectivity index (χ3v) is 6.09. The van der Waals surface area contributed by atoms with Gasteiger partial charge in [-0.05, 0) is 31.0 Å². The highest BCUT2D eigenvalue weighted by Gasteiger charge is 2.22. The van der Waals surface area contributed by atoms with Crippen LogP contribution >= 0.6 is 15.9 Å². The van der Waals surface area contributed by atoms with Crippen LogP contribution in [0.2, 0.25) is 0 Å². The Kier molecular flexibility index (Phi) is 4.60. The van der Waals surface area contributed by atoms with Gasteiger partial charge >= 0.3 is 0 Å². The molecule has 29 heavy (non-hydrogen) atoms. The number of aromatic amines is 2. The monoisotopic (exact) mass is 448 g/mol. The lowest BCUT2D eigenvalue weighted by molar-refractivity contribution is 0.241. The molecule has 0 saturated carbocycles. The zero-order valence-corrected chi connectivity index (χ0v) is 17.7. The minimum absolute atomic E-state index is 0.0119. The maximum absolute atomic E-state index is 12.6. The summed E-state index contributed by atoms with van der Waals surface area (Å²) in [7, 11) is 0. The van der Waals surface area contributed by atoms with Crippen molar-refractivity contribution in [3.8, 4) is 11.4 Å². The van der Waals surface area contributed by atoms with Crippen molar-refractivity contribution in [2.24, 2.45) is 0 Å². The Bertz CT molecular complexity index is 1260. The minimum Gasteiger partial charge on any atom is -0.361 e. The summed E-state index contributed by atoms with van der Waals surface area (Å²) in [6, 6.07) is 14.4. The first-order chi connectivity index (χ1) is 14.1. The molecule has 0 atom stereocenters. The molecule has 146 valence electrons. The Morgan fingerprint density at radius 3 is 2.83 bits per heavy atom. The molecule has 0 radical (unpaired) electrons. The van der Waals surface area contributed by atoms with E-state index in [1.807, 2.05) is 31.2 Å². The zero-order valence-electron chi connectivity index (χ0n) is 16.1. The number of hydrogen-bond donors (Lipinski definition) is 2. The predicted octanol–water partition coefficient (Wildman–Crippen LogP) is 4.55. The number of nitrogens with one attached hydrogen (secondary N) is 2. The van der Waals surface area contributed by atoms with E-state index < -0.39 is 0 Å². The summed E-state index contributed by atoms with van der Waals surface area (Å²) >= 11 is 3.52. The fraction of sp³-hybridized carbons (Fsp3) is 0.217. The molecule has 5 nitrogen and oxygen atoms in total. The van der Waals surface area contributed by atoms with Crippen LogP contribution < -0.4 is 5.56 Å². The van der Waals surface area contributed by atoms with Crippen molar-refractivity contribution >= 4 is 26.8 Å². The van der Waals surface area contributed by atoms with Crippen LogP contribution in [0.1, 0.15) is 22.4 Å². The van der Waals surface area contributed by atoms with Gasteiger partial charge in [0.05, 0.1) is 5.69 Å². The summed E-state index contributed by atoms with van der Waals surface area (Å²) in [5.41, 5.74) is 6.21. The molecule has 0 amide bonds. The van der Waals surface area contributed by atoms with Gasteiger partial charge in [-0.2, -0.15) is 0 Å². The van der Waals surface area contributed by atoms with Crippen LogP contribution in [0.4, 0.5) is 0 Å². The van der Waals surface area contributed by atoms with E-state index in [0.29, 0.717) is 12.4 Å². The van der Waals surface area contributed by atoms with Crippen molar-refractivity contribution in [3.05, 3.63) is 85.9 Å². The first-order valence-corrected chi connectivity index (χ1v) is 10.5. The molecule has 5 rings (SSSR count). The van der Waals surface area contributed by atoms with Crippen LogP contribution in [0, 0.1) is 6.92 Å². The summed E-state index contributed by atoms with van der Waals surface area (Å²) in [6.45, 7) is 4.41. The van der Waals surface area contributed by atoms with Gasteiger partial charge in [-0.3, -0.25) is 9.69 Å². The first kappa shape index (κ1) is 18.3. The fourth-order valence-corrected chi connectivity index (χ4v) is 4.37. The Morgan fingerprint density at radius 2 is 2.00 bits per heavy atom. The van der Waals surface area contributed by atoms with Crippen molar-refractivity contribution in [1.29, 1.82) is 0 Å². The molecule has 0 bridgehead atoms. The Balaban J connectivity index is 1.43. The molecule has 2 aromatic carbocycles. The number of halogens is 1. The van der Waals surface area contributed by atoms with Gasteiger partial charge in [-0.1, -0.05) is 51.8 Å². The lowest BCUT2D eigenvalue weighted by Gasteiger charge is -2.27. The second-order valence-electron chi connectivity index (χ2n) is 7.67. The standard InChI is InChI=1S/C23H21BrN4O/c1-14-2-4-15(5-3-14)22-26-21-13-28(9-8-19(21)23(29)27-22)12-16-11-25-20-10-17(24)6-7-18(16)20/h2-7,10-11,25H,8-9,12-13H2,1H3,(H,26,27,29). The second-order valence-corrected chi connectivity index (χ2v) is 8.59. The molecule has 0 spiro atoms. The topological polar surface area (TPSA) is 64.8 Å². The normalized spacial score (nSPS) is 14.3. The minimum atomic E-state index is -0.0119. The molecule has 0 aliphatic carbocycles. The number of fused-ring (bicyclic) bond motifs is 2. The summed E-state index contributed by atoms with van der Waals surface area (Å²) < 4.78 is 1.07. The summed E-state index contributed by atoms with van der Waals surface area (Å²) in [4.78, 5) is 26.1. The molecule has 0 saturated heterocycles. The smallest absolute Gasteiger partial charge is 0.254 e. The molecule has 1 aliphatic rings. The highest BCUT2D eigenvalue weighted by atomic mass is 79.9. The molecule has 6 heteroatoms. The maximum Gasteiger partial charge on any atom is 0.254 e. The van der Waals surface area contributed by atoms with Crippen molar-refractivity contribution in [2.45, 2.75) is 26.4 Å². The summed E-state index contributed by atoms with van der Waals surface area (Å²) in [5.74, 6) is 0.646. The van der Waals surface area contributed by atoms with E-state index in [-0.39, 0.29) is 5.56 Å². The van der Waals surface area contributed by atoms with Gasteiger partial charge in [0.1, 0.15) is 5.82 Å². The van der Waals surface area contributed by atoms with E-state index in [1.165, 1.54) is 16.5 Å². The highest BCUT2D eigenvalue weighted by molar-refractivity contribution is 9.10. The molecule has 0 fully saturated rings. The number of aromatic nitrogens is 3. The lowest BCUT2D eigenvalue weighted by atomic mass is 10.0. The van der Waals surface area contributed by atoms with Gasteiger partial charge in [-0.15, -0.1) is 0 Å². The van der Waals surface area contributed by atoms with Crippen LogP contribution in [0.5, 0.6) is 0 Å². The van der Waals surface area contributed by atoms with E-state index in [0.717, 1.165) is 46.3 Å². The first-order valence-electron chi connectivity index (χ1n) is 9.74. The molecule has 2 aromatic heterocycles. The van der Waals surface area contributed by atoms with Gasteiger partial charge in [0, 0.05) is 52.3 Å². The third kappa shape index (κ3) is 3.54. The second kappa shape index (κ2) is 7.28. The number of aryl methyl sites for hydroxylation is 1. The van der Waals surface area contributed by atoms with E-state index in [4.69, 9.17) is 4.98 Å². The van der Waals surface area contributed by atoms with Gasteiger partial charge in [-0.25, -0.2) is 4.98 Å². The maximum atomic E-state index is 12.6. The lowest BCUT2D eigenvalue weighted by Crippen LogP contribution is -2.35. The van der Waals surface area contributed by atoms with E-state index >= 15 is 0 Å². The molecule has 0 unspecified atom stereocenters. The van der Waals surface area contributed by atoms with Crippen molar-refractivity contribution in [2.75, 3.05) is 6.54 Å². The van der Waals surface area contributed by atoms with Crippen LogP contribution in [-0.2, 0) is 19.5 Å². The van der Waals surface area contributed by atoms with Gasteiger partial charge in [0.25, 0.3) is 5.56 Å². The predicted molar refractivity (Wildman–Crippen MR) is 119 cm³/mol. The van der Waals surface area contributed by atoms with E-state index in [2.05, 4.69) is 55.2 Å². The summed E-state index contributed by atoms with van der Waals surface area (Å²) in [5, 5.41) is 1.23. The average molecular weight is 449 g/mol. The quantitative estimate of drug-likeness (QED) is 0.483. The van der Waals surface area contributed by atoms with Crippen molar-refractivity contribution < 1.29 is 0 Å². The Morgan fingerprint density at radius 1 is 1.17 bits per heavy atom. The summed E-state index contributed by atoms with van der Waals surface area (Å²) in [6.07, 6.45) is 2.80. The number of hydrogen-bond acceptors (Lipinski definition) is 3. The van der Waals surface area contributed by atoms with Crippen molar-refractivity contribution in [1.82, 2.24) is 19.9 Å². The average Bonchev–Trinajstić information content (AvgIpc) is 3.10. The van der Waals surface area contributed by atoms with Crippen molar-refractivity contribution in [3.63, 3.8) is 0 Å². The third-order valence-electron chi connectivity index (χ3n) is 5.60. The Labute approximate surface area is 176 Å². The number of rotatable bonds is 3. The van der Waals surface area contributed by atoms with Gasteiger partial charge < -0.3 is 9.97 Å². The fourth-order valence-electron chi connectivity index (χ4n) is 4.01. The Hall–Kier alpha value is -2.70. The highest BCUT2D eigenvalue weighted by Crippen LogP contribution is 2.25. The SMILES string of the molecule is Cc1ccc(-c2nc3c(c(=O)[nH]2)CCN(Cc2c[nH]c4cc(Br)ccc24)C3)cc1. The largest absolute Gasteiger partial charge is 0.361 e. The molecule has 3 heterocycles. The number of nitrogens with zero attached hydrogens (tertiary/aromatic N) is 2. The molecular weight excluding hydrogens is 428 g/mol. The molecule has 4 aromatic rings. The van der Waals surface area contributed by atoms with Crippen LogP contribution in [0.3, 0.4) is 0 Å². The number of H-pyrrole nitrogens is 2. The van der Waals surface area contributed by atoms with E-state index in [9.17, 15) is 4.79 Å². The van der Waals surface area contributed by atoms with Crippen LogP contribution in [0.15, 0.2) is 57.9 Å². The number of benzene rings is 2. The van der Waals surface area contributed by atoms with Crippen LogP contribution in [0.25, 0.3) is 22.3 Å². The zero-order chi connectivity index (χ0) is 20.0. The van der Waals surface area contributed by atoms with Gasteiger partial charge in [0.15, 0.2) is 0 Å². The van der Waals surface area contributed by atoms with Gasteiger partial charge in [0.2, 0.25) is 0 Å².